The number of halogens is 3. The number of carboxylic acid groups (broad SMARTS) is 1. The van der Waals surface area contributed by atoms with Crippen LogP contribution in [0.3, 0.4) is 0 Å². The first-order chi connectivity index (χ1) is 19.8. The number of ether oxygens (including phenoxy) is 1. The number of amides is 2. The van der Waals surface area contributed by atoms with Crippen molar-refractivity contribution in [3.63, 3.8) is 0 Å². The van der Waals surface area contributed by atoms with Gasteiger partial charge in [0.1, 0.15) is 5.60 Å². The third-order valence-corrected chi connectivity index (χ3v) is 7.36. The van der Waals surface area contributed by atoms with Crippen molar-refractivity contribution in [3.8, 4) is 0 Å². The Morgan fingerprint density at radius 3 is 2.14 bits per heavy atom. The topological polar surface area (TPSA) is 126 Å². The fourth-order valence-electron chi connectivity index (χ4n) is 4.35. The Morgan fingerprint density at radius 2 is 1.56 bits per heavy atom. The third-order valence-electron chi connectivity index (χ3n) is 6.40. The number of fused-ring (bicyclic) bond motifs is 1. The number of benzene rings is 1. The van der Waals surface area contributed by atoms with Gasteiger partial charge in [0, 0.05) is 29.7 Å². The lowest BCUT2D eigenvalue weighted by molar-refractivity contribution is -0.0546. The monoisotopic (exact) mass is 627 g/mol. The van der Waals surface area contributed by atoms with E-state index in [9.17, 15) is 36.3 Å². The molecule has 0 spiro atoms. The van der Waals surface area contributed by atoms with Crippen molar-refractivity contribution in [2.45, 2.75) is 65.5 Å². The second kappa shape index (κ2) is 12.8. The molecule has 0 aliphatic carbocycles. The minimum absolute atomic E-state index is 0.00583. The maximum Gasteiger partial charge on any atom is 0.534 e. The predicted octanol–water partition coefficient (Wildman–Crippen LogP) is 6.87. The van der Waals surface area contributed by atoms with E-state index in [1.54, 1.807) is 27.7 Å². The molecule has 43 heavy (non-hydrogen) atoms. The summed E-state index contributed by atoms with van der Waals surface area (Å²) in [6, 6.07) is 9.95. The Labute approximate surface area is 248 Å². The predicted molar refractivity (Wildman–Crippen MR) is 154 cm³/mol. The normalized spacial score (nSPS) is 19.6. The van der Waals surface area contributed by atoms with Gasteiger partial charge >= 0.3 is 27.8 Å². The number of aryl methyl sites for hydroxylation is 1. The lowest BCUT2D eigenvalue weighted by atomic mass is 9.98. The Bertz CT molecular complexity index is 1530. The van der Waals surface area contributed by atoms with Gasteiger partial charge in [-0.05, 0) is 70.6 Å². The van der Waals surface area contributed by atoms with Crippen molar-refractivity contribution in [3.05, 3.63) is 59.6 Å². The van der Waals surface area contributed by atoms with Gasteiger partial charge in [-0.25, -0.2) is 14.5 Å². The van der Waals surface area contributed by atoms with Crippen molar-refractivity contribution in [1.82, 2.24) is 14.8 Å². The summed E-state index contributed by atoms with van der Waals surface area (Å²) in [5, 5.41) is 10.5. The third kappa shape index (κ3) is 8.85. The standard InChI is InChI=1S/C17H18N2O2.C12H18F3NO5S/c1-11-3-8-16(19(10-11)17(20)21)14-7-6-13-5-4-12(2)18-15(13)9-14;1-8-5-6-9(21-22(18,19)12(13,14)15)16(7-8)10(17)20-11(2,3)4/h4-9,11H,3,10H2,1-2H3,(H,20,21);6,8H,5,7H2,1-4H3. The number of carbonyl (C=O) groups excluding carboxylic acids is 1. The number of allylic oxidation sites excluding steroid dienone is 2. The Hall–Kier alpha value is -3.81. The van der Waals surface area contributed by atoms with Crippen LogP contribution in [0.5, 0.6) is 0 Å². The SMILES string of the molecule is CC1CC=C(OS(=O)(=O)C(F)(F)F)N(C(=O)OC(C)(C)C)C1.Cc1ccc2ccc(C3=CCC(C)CN3C(=O)O)cc2n1. The lowest BCUT2D eigenvalue weighted by Crippen LogP contribution is -2.42. The molecule has 10 nitrogen and oxygen atoms in total. The quantitative estimate of drug-likeness (QED) is 0.289. The fourth-order valence-corrected chi connectivity index (χ4v) is 4.83. The molecule has 2 aromatic rings. The maximum atomic E-state index is 12.4. The number of alkyl halides is 3. The van der Waals surface area contributed by atoms with Gasteiger partial charge < -0.3 is 14.0 Å². The number of hydrogen-bond acceptors (Lipinski definition) is 7. The smallest absolute Gasteiger partial charge is 0.465 e. The first kappa shape index (κ1) is 33.7. The molecule has 2 atom stereocenters. The molecular weight excluding hydrogens is 591 g/mol. The lowest BCUT2D eigenvalue weighted by Gasteiger charge is -2.32. The van der Waals surface area contributed by atoms with E-state index in [4.69, 9.17) is 4.74 Å². The first-order valence-electron chi connectivity index (χ1n) is 13.6. The number of carbonyl (C=O) groups is 2. The van der Waals surface area contributed by atoms with E-state index >= 15 is 0 Å². The fraction of sp³-hybridized carbons (Fsp3) is 0.483. The number of pyridine rings is 1. The molecule has 0 saturated carbocycles. The highest BCUT2D eigenvalue weighted by Crippen LogP contribution is 2.31. The van der Waals surface area contributed by atoms with Crippen LogP contribution < -0.4 is 0 Å². The average Bonchev–Trinajstić information content (AvgIpc) is 2.87. The van der Waals surface area contributed by atoms with Gasteiger partial charge in [0.15, 0.2) is 0 Å². The van der Waals surface area contributed by atoms with Crippen LogP contribution in [0.25, 0.3) is 16.6 Å². The molecule has 2 unspecified atom stereocenters. The van der Waals surface area contributed by atoms with E-state index in [1.165, 1.54) is 4.90 Å². The molecular formula is C29H36F3N3O7S. The molecule has 0 bridgehead atoms. The van der Waals surface area contributed by atoms with E-state index in [0.29, 0.717) is 12.5 Å². The van der Waals surface area contributed by atoms with Crippen LogP contribution in [-0.2, 0) is 19.0 Å². The average molecular weight is 628 g/mol. The summed E-state index contributed by atoms with van der Waals surface area (Å²) in [6.45, 7) is 11.0. The van der Waals surface area contributed by atoms with Gasteiger partial charge in [-0.15, -0.1) is 0 Å². The van der Waals surface area contributed by atoms with Gasteiger partial charge in [0.2, 0.25) is 5.88 Å². The van der Waals surface area contributed by atoms with Crippen molar-refractivity contribution in [2.24, 2.45) is 11.8 Å². The minimum atomic E-state index is -5.84. The molecule has 1 aromatic carbocycles. The first-order valence-corrected chi connectivity index (χ1v) is 15.0. The molecule has 14 heteroatoms. The molecule has 0 fully saturated rings. The Morgan fingerprint density at radius 1 is 0.977 bits per heavy atom. The number of nitrogens with zero attached hydrogens (tertiary/aromatic N) is 3. The van der Waals surface area contributed by atoms with E-state index in [1.807, 2.05) is 43.3 Å². The molecule has 236 valence electrons. The second-order valence-electron chi connectivity index (χ2n) is 11.6. The van der Waals surface area contributed by atoms with Gasteiger partial charge in [-0.2, -0.15) is 21.6 Å². The molecule has 2 aliphatic heterocycles. The van der Waals surface area contributed by atoms with Crippen LogP contribution in [-0.4, -0.2) is 64.7 Å². The molecule has 4 rings (SSSR count). The van der Waals surface area contributed by atoms with Crippen LogP contribution in [0.15, 0.2) is 48.4 Å². The van der Waals surface area contributed by atoms with Crippen LogP contribution in [0, 0.1) is 18.8 Å². The van der Waals surface area contributed by atoms with Crippen molar-refractivity contribution >= 4 is 38.9 Å². The molecule has 2 aliphatic rings. The molecule has 3 heterocycles. The van der Waals surface area contributed by atoms with Crippen molar-refractivity contribution < 1.29 is 45.2 Å². The van der Waals surface area contributed by atoms with Crippen molar-refractivity contribution in [1.29, 1.82) is 0 Å². The second-order valence-corrected chi connectivity index (χ2v) is 13.2. The highest BCUT2D eigenvalue weighted by molar-refractivity contribution is 7.87. The van der Waals surface area contributed by atoms with Crippen LogP contribution in [0.1, 0.15) is 58.7 Å². The highest BCUT2D eigenvalue weighted by Gasteiger charge is 2.50. The summed E-state index contributed by atoms with van der Waals surface area (Å²) in [5.74, 6) is -0.413. The summed E-state index contributed by atoms with van der Waals surface area (Å²) in [6.07, 6.45) is 2.45. The highest BCUT2D eigenvalue weighted by atomic mass is 32.2. The zero-order valence-electron chi connectivity index (χ0n) is 24.8. The number of aromatic nitrogens is 1. The molecule has 2 amide bonds. The summed E-state index contributed by atoms with van der Waals surface area (Å²) in [4.78, 5) is 30.2. The van der Waals surface area contributed by atoms with E-state index in [-0.39, 0.29) is 18.9 Å². The molecule has 0 saturated heterocycles. The molecule has 0 radical (unpaired) electrons. The van der Waals surface area contributed by atoms with Crippen LogP contribution in [0.4, 0.5) is 22.8 Å². The molecule has 1 N–H and O–H groups in total. The van der Waals surface area contributed by atoms with Gasteiger partial charge in [-0.1, -0.05) is 38.1 Å². The number of rotatable bonds is 3. The van der Waals surface area contributed by atoms with E-state index in [2.05, 4.69) is 16.1 Å². The van der Waals surface area contributed by atoms with Crippen LogP contribution >= 0.6 is 0 Å². The van der Waals surface area contributed by atoms with E-state index < -0.39 is 39.3 Å². The summed E-state index contributed by atoms with van der Waals surface area (Å²) < 4.78 is 68.5. The van der Waals surface area contributed by atoms with Gasteiger partial charge in [-0.3, -0.25) is 9.88 Å². The summed E-state index contributed by atoms with van der Waals surface area (Å²) in [5.41, 5.74) is -2.92. The summed E-state index contributed by atoms with van der Waals surface area (Å²) in [7, 11) is -5.84. The minimum Gasteiger partial charge on any atom is -0.465 e. The van der Waals surface area contributed by atoms with E-state index in [0.717, 1.165) is 45.3 Å². The zero-order valence-corrected chi connectivity index (χ0v) is 25.6. The van der Waals surface area contributed by atoms with Crippen LogP contribution in [0.2, 0.25) is 0 Å². The van der Waals surface area contributed by atoms with Crippen molar-refractivity contribution in [2.75, 3.05) is 13.1 Å². The van der Waals surface area contributed by atoms with Gasteiger partial charge in [0.05, 0.1) is 11.2 Å². The molecule has 1 aromatic heterocycles. The zero-order chi connectivity index (χ0) is 32.3. The Balaban J connectivity index is 0.000000235. The largest absolute Gasteiger partial charge is 0.534 e. The van der Waals surface area contributed by atoms with Gasteiger partial charge in [0.25, 0.3) is 0 Å². The number of hydrogen-bond donors (Lipinski definition) is 1. The summed E-state index contributed by atoms with van der Waals surface area (Å²) >= 11 is 0. The maximum absolute atomic E-state index is 12.4. The Kier molecular flexibility index (Phi) is 10.0.